The molecule has 0 fully saturated rings. The topological polar surface area (TPSA) is 104 Å². The molecule has 0 saturated heterocycles. The van der Waals surface area contributed by atoms with Crippen LogP contribution in [-0.2, 0) is 14.6 Å². The molecule has 0 radical (unpaired) electrons. The van der Waals surface area contributed by atoms with Crippen molar-refractivity contribution in [2.45, 2.75) is 4.90 Å². The molecule has 2 aromatic carbocycles. The zero-order valence-electron chi connectivity index (χ0n) is 16.3. The Morgan fingerprint density at radius 3 is 2.61 bits per heavy atom. The molecule has 0 bridgehead atoms. The summed E-state index contributed by atoms with van der Waals surface area (Å²) in [5, 5.41) is 5.27. The SMILES string of the molecule is COC(=O)c1cc(-c2nsc(-c3cccc(S(C)(=O)=O)c3)n2)n(-c2ccccc2Cl)n1. The van der Waals surface area contributed by atoms with E-state index in [0.29, 0.717) is 32.8 Å². The van der Waals surface area contributed by atoms with Crippen LogP contribution in [0.5, 0.6) is 0 Å². The predicted molar refractivity (Wildman–Crippen MR) is 117 cm³/mol. The molecule has 4 rings (SSSR count). The summed E-state index contributed by atoms with van der Waals surface area (Å²) in [7, 11) is -2.09. The molecule has 0 amide bonds. The molecule has 0 N–H and O–H groups in total. The number of halogens is 1. The number of ether oxygens (including phenoxy) is 1. The number of benzene rings is 2. The summed E-state index contributed by atoms with van der Waals surface area (Å²) in [6.45, 7) is 0. The first-order chi connectivity index (χ1) is 14.8. The van der Waals surface area contributed by atoms with Gasteiger partial charge in [0.1, 0.15) is 10.7 Å². The molecular formula is C20H15ClN4O4S2. The van der Waals surface area contributed by atoms with Crippen LogP contribution in [0.25, 0.3) is 27.8 Å². The highest BCUT2D eigenvalue weighted by molar-refractivity contribution is 7.90. The Morgan fingerprint density at radius 1 is 1.13 bits per heavy atom. The number of para-hydroxylation sites is 1. The highest BCUT2D eigenvalue weighted by Gasteiger charge is 2.21. The molecule has 0 atom stereocenters. The first-order valence-corrected chi connectivity index (χ1v) is 11.9. The molecule has 0 spiro atoms. The molecule has 0 aliphatic carbocycles. The highest BCUT2D eigenvalue weighted by Crippen LogP contribution is 2.30. The lowest BCUT2D eigenvalue weighted by Gasteiger charge is -2.06. The van der Waals surface area contributed by atoms with Crippen molar-refractivity contribution in [3.63, 3.8) is 0 Å². The number of sulfone groups is 1. The second-order valence-electron chi connectivity index (χ2n) is 6.49. The van der Waals surface area contributed by atoms with Crippen LogP contribution in [0.3, 0.4) is 0 Å². The fraction of sp³-hybridized carbons (Fsp3) is 0.100. The zero-order valence-corrected chi connectivity index (χ0v) is 18.7. The Labute approximate surface area is 187 Å². The van der Waals surface area contributed by atoms with E-state index < -0.39 is 15.8 Å². The second kappa shape index (κ2) is 8.22. The summed E-state index contributed by atoms with van der Waals surface area (Å²) in [6.07, 6.45) is 1.15. The maximum absolute atomic E-state index is 12.1. The first-order valence-electron chi connectivity index (χ1n) is 8.86. The number of nitrogens with zero attached hydrogens (tertiary/aromatic N) is 4. The molecule has 2 heterocycles. The van der Waals surface area contributed by atoms with Gasteiger partial charge in [-0.25, -0.2) is 22.9 Å². The van der Waals surface area contributed by atoms with Crippen LogP contribution in [0.4, 0.5) is 0 Å². The quantitative estimate of drug-likeness (QED) is 0.404. The molecule has 158 valence electrons. The summed E-state index contributed by atoms with van der Waals surface area (Å²) in [6, 6.07) is 15.0. The van der Waals surface area contributed by atoms with Gasteiger partial charge in [0.2, 0.25) is 0 Å². The van der Waals surface area contributed by atoms with Gasteiger partial charge in [0, 0.05) is 17.9 Å². The van der Waals surface area contributed by atoms with Crippen molar-refractivity contribution in [3.8, 4) is 27.8 Å². The standard InChI is InChI=1S/C20H15ClN4O4S2/c1-29-20(26)15-11-17(25(23-15)16-9-4-3-8-14(16)21)18-22-19(30-24-18)12-6-5-7-13(10-12)31(2,27)28/h3-11H,1-2H3. The Balaban J connectivity index is 1.83. The van der Waals surface area contributed by atoms with Crippen LogP contribution >= 0.6 is 23.1 Å². The molecule has 0 unspecified atom stereocenters. The van der Waals surface area contributed by atoms with Crippen LogP contribution in [0, 0.1) is 0 Å². The molecule has 0 aliphatic heterocycles. The number of aromatic nitrogens is 4. The van der Waals surface area contributed by atoms with Gasteiger partial charge in [-0.2, -0.15) is 9.47 Å². The summed E-state index contributed by atoms with van der Waals surface area (Å²) in [5.74, 6) is -0.296. The molecule has 2 aromatic heterocycles. The third-order valence-corrected chi connectivity index (χ3v) is 6.54. The van der Waals surface area contributed by atoms with Gasteiger partial charge in [-0.05, 0) is 35.8 Å². The lowest BCUT2D eigenvalue weighted by molar-refractivity contribution is 0.0593. The summed E-state index contributed by atoms with van der Waals surface area (Å²) < 4.78 is 34.4. The zero-order chi connectivity index (χ0) is 22.2. The van der Waals surface area contributed by atoms with Gasteiger partial charge >= 0.3 is 5.97 Å². The van der Waals surface area contributed by atoms with Crippen LogP contribution in [-0.4, -0.2) is 46.9 Å². The van der Waals surface area contributed by atoms with Gasteiger partial charge in [0.15, 0.2) is 21.4 Å². The average Bonchev–Trinajstić information content (AvgIpc) is 3.40. The Morgan fingerprint density at radius 2 is 1.90 bits per heavy atom. The Kier molecular flexibility index (Phi) is 5.61. The minimum atomic E-state index is -3.36. The van der Waals surface area contributed by atoms with E-state index in [1.165, 1.54) is 23.9 Å². The van der Waals surface area contributed by atoms with Crippen molar-refractivity contribution in [1.82, 2.24) is 19.1 Å². The van der Waals surface area contributed by atoms with E-state index in [-0.39, 0.29) is 10.6 Å². The normalized spacial score (nSPS) is 11.5. The van der Waals surface area contributed by atoms with Crippen molar-refractivity contribution >= 4 is 38.9 Å². The molecule has 0 saturated carbocycles. The van der Waals surface area contributed by atoms with Gasteiger partial charge in [-0.15, -0.1) is 0 Å². The second-order valence-corrected chi connectivity index (χ2v) is 9.67. The van der Waals surface area contributed by atoms with E-state index in [9.17, 15) is 13.2 Å². The first kappa shape index (κ1) is 21.2. The minimum absolute atomic E-state index is 0.0767. The van der Waals surface area contributed by atoms with Gasteiger partial charge in [-0.1, -0.05) is 35.9 Å². The predicted octanol–water partition coefficient (Wildman–Crippen LogP) is 3.90. The third kappa shape index (κ3) is 4.22. The van der Waals surface area contributed by atoms with E-state index in [4.69, 9.17) is 16.3 Å². The van der Waals surface area contributed by atoms with Gasteiger partial charge in [-0.3, -0.25) is 0 Å². The number of carbonyl (C=O) groups excluding carboxylic acids is 1. The highest BCUT2D eigenvalue weighted by atomic mass is 35.5. The van der Waals surface area contributed by atoms with E-state index >= 15 is 0 Å². The largest absolute Gasteiger partial charge is 0.464 e. The smallest absolute Gasteiger partial charge is 0.358 e. The lowest BCUT2D eigenvalue weighted by atomic mass is 10.2. The number of carbonyl (C=O) groups is 1. The molecule has 8 nitrogen and oxygen atoms in total. The molecule has 0 aliphatic rings. The number of rotatable bonds is 5. The summed E-state index contributed by atoms with van der Waals surface area (Å²) in [5.41, 5.74) is 1.68. The maximum Gasteiger partial charge on any atom is 0.358 e. The molecule has 11 heteroatoms. The Bertz CT molecular complexity index is 1400. The Hall–Kier alpha value is -3.08. The van der Waals surface area contributed by atoms with Crippen LogP contribution in [0.15, 0.2) is 59.5 Å². The average molecular weight is 475 g/mol. The van der Waals surface area contributed by atoms with Crippen molar-refractivity contribution in [3.05, 3.63) is 65.3 Å². The van der Waals surface area contributed by atoms with Crippen molar-refractivity contribution in [2.75, 3.05) is 13.4 Å². The van der Waals surface area contributed by atoms with Crippen LogP contribution in [0.1, 0.15) is 10.5 Å². The summed E-state index contributed by atoms with van der Waals surface area (Å²) >= 11 is 7.43. The van der Waals surface area contributed by atoms with Crippen molar-refractivity contribution in [1.29, 1.82) is 0 Å². The van der Waals surface area contributed by atoms with E-state index in [1.807, 2.05) is 0 Å². The maximum atomic E-state index is 12.1. The van der Waals surface area contributed by atoms with E-state index in [2.05, 4.69) is 14.5 Å². The number of hydrogen-bond acceptors (Lipinski definition) is 8. The molecule has 31 heavy (non-hydrogen) atoms. The number of esters is 1. The fourth-order valence-electron chi connectivity index (χ4n) is 2.86. The lowest BCUT2D eigenvalue weighted by Crippen LogP contribution is -2.05. The monoisotopic (exact) mass is 474 g/mol. The van der Waals surface area contributed by atoms with E-state index in [0.717, 1.165) is 17.8 Å². The minimum Gasteiger partial charge on any atom is -0.464 e. The van der Waals surface area contributed by atoms with Gasteiger partial charge in [0.05, 0.1) is 22.7 Å². The molecular weight excluding hydrogens is 460 g/mol. The van der Waals surface area contributed by atoms with Crippen molar-refractivity contribution < 1.29 is 17.9 Å². The fourth-order valence-corrected chi connectivity index (χ4v) is 4.41. The molecule has 4 aromatic rings. The van der Waals surface area contributed by atoms with Crippen LogP contribution in [0.2, 0.25) is 5.02 Å². The third-order valence-electron chi connectivity index (χ3n) is 4.35. The van der Waals surface area contributed by atoms with Gasteiger partial charge in [0.25, 0.3) is 0 Å². The van der Waals surface area contributed by atoms with Crippen LogP contribution < -0.4 is 0 Å². The number of methoxy groups -OCH3 is 1. The van der Waals surface area contributed by atoms with Crippen molar-refractivity contribution in [2.24, 2.45) is 0 Å². The van der Waals surface area contributed by atoms with Gasteiger partial charge < -0.3 is 4.74 Å². The number of hydrogen-bond donors (Lipinski definition) is 0. The summed E-state index contributed by atoms with van der Waals surface area (Å²) in [4.78, 5) is 16.8. The van der Waals surface area contributed by atoms with E-state index in [1.54, 1.807) is 42.5 Å².